The van der Waals surface area contributed by atoms with Crippen molar-refractivity contribution >= 4 is 28.3 Å². The van der Waals surface area contributed by atoms with Crippen molar-refractivity contribution in [1.82, 2.24) is 4.90 Å². The molecule has 14 rings (SSSR count). The zero-order chi connectivity index (χ0) is 40.8. The number of fused-ring (bicyclic) bond motifs is 5. The lowest BCUT2D eigenvalue weighted by Crippen LogP contribution is -2.40. The smallest absolute Gasteiger partial charge is 0.0780 e. The predicted molar refractivity (Wildman–Crippen MR) is 255 cm³/mol. The van der Waals surface area contributed by atoms with E-state index < -0.39 is 0 Å². The van der Waals surface area contributed by atoms with Crippen LogP contribution in [0.25, 0.3) is 5.57 Å². The van der Waals surface area contributed by atoms with Crippen molar-refractivity contribution < 1.29 is 0 Å². The minimum Gasteiger partial charge on any atom is -0.356 e. The minimum absolute atomic E-state index is 0.0106. The third-order valence-electron chi connectivity index (χ3n) is 15.1. The summed E-state index contributed by atoms with van der Waals surface area (Å²) in [6.45, 7) is 0. The number of nitrogens with one attached hydrogen (secondary N) is 1. The van der Waals surface area contributed by atoms with Crippen molar-refractivity contribution in [3.8, 4) is 0 Å². The zero-order valence-electron chi connectivity index (χ0n) is 35.1. The van der Waals surface area contributed by atoms with Crippen LogP contribution in [-0.4, -0.2) is 16.0 Å². The Labute approximate surface area is 366 Å². The van der Waals surface area contributed by atoms with E-state index >= 15 is 0 Å². The molecule has 0 saturated heterocycles. The molecule has 1 aliphatic heterocycles. The summed E-state index contributed by atoms with van der Waals surface area (Å²) < 4.78 is 0. The lowest BCUT2D eigenvalue weighted by Gasteiger charge is -2.39. The molecule has 10 aliphatic rings. The van der Waals surface area contributed by atoms with Gasteiger partial charge in [-0.3, -0.25) is 0 Å². The summed E-state index contributed by atoms with van der Waals surface area (Å²) in [6, 6.07) is 41.1. The highest BCUT2D eigenvalue weighted by Crippen LogP contribution is 2.69. The molecule has 1 heterocycles. The third-order valence-corrected chi connectivity index (χ3v) is 15.1. The molecule has 1 spiro atoms. The Morgan fingerprint density at radius 3 is 2.05 bits per heavy atom. The van der Waals surface area contributed by atoms with Crippen LogP contribution in [-0.2, 0) is 0 Å². The van der Waals surface area contributed by atoms with Crippen LogP contribution in [0.4, 0.5) is 22.7 Å². The van der Waals surface area contributed by atoms with E-state index in [1.54, 1.807) is 0 Å². The zero-order valence-corrected chi connectivity index (χ0v) is 35.1. The van der Waals surface area contributed by atoms with Gasteiger partial charge in [0.05, 0.1) is 11.1 Å². The van der Waals surface area contributed by atoms with Gasteiger partial charge in [-0.05, 0) is 141 Å². The summed E-state index contributed by atoms with van der Waals surface area (Å²) in [4.78, 5) is 7.89. The number of rotatable bonds is 9. The summed E-state index contributed by atoms with van der Waals surface area (Å²) in [7, 11) is 0. The predicted octanol–water partition coefficient (Wildman–Crippen LogP) is 13.4. The molecule has 4 aromatic carbocycles. The molecule has 8 unspecified atom stereocenters. The van der Waals surface area contributed by atoms with E-state index in [0.717, 1.165) is 42.9 Å². The van der Waals surface area contributed by atoms with E-state index in [0.29, 0.717) is 11.8 Å². The van der Waals surface area contributed by atoms with Crippen LogP contribution in [0.15, 0.2) is 229 Å². The number of para-hydroxylation sites is 4. The first-order valence-corrected chi connectivity index (χ1v) is 23.1. The third kappa shape index (κ3) is 6.02. The number of hydrogen-bond donors (Lipinski definition) is 1. The van der Waals surface area contributed by atoms with Gasteiger partial charge in [0.15, 0.2) is 0 Å². The van der Waals surface area contributed by atoms with E-state index in [1.165, 1.54) is 81.6 Å². The minimum atomic E-state index is -0.0106. The molecule has 0 radical (unpaired) electrons. The molecule has 4 saturated carbocycles. The number of benzene rings is 4. The van der Waals surface area contributed by atoms with Gasteiger partial charge in [0.1, 0.15) is 0 Å². The molecule has 4 fully saturated rings. The quantitative estimate of drug-likeness (QED) is 0.182. The lowest BCUT2D eigenvalue weighted by molar-refractivity contribution is 0.324. The highest BCUT2D eigenvalue weighted by atomic mass is 15.3. The average Bonchev–Trinajstić information content (AvgIpc) is 4.17. The van der Waals surface area contributed by atoms with Gasteiger partial charge < -0.3 is 20.0 Å². The molecule has 62 heavy (non-hydrogen) atoms. The Morgan fingerprint density at radius 2 is 1.34 bits per heavy atom. The first-order valence-electron chi connectivity index (χ1n) is 23.1. The van der Waals surface area contributed by atoms with Gasteiger partial charge >= 0.3 is 0 Å². The average molecular weight is 805 g/mol. The van der Waals surface area contributed by atoms with Crippen LogP contribution >= 0.6 is 0 Å². The highest BCUT2D eigenvalue weighted by Gasteiger charge is 2.67. The first-order chi connectivity index (χ1) is 30.6. The van der Waals surface area contributed by atoms with Crippen LogP contribution in [0.1, 0.15) is 44.1 Å². The maximum atomic E-state index is 3.41. The molecule has 1 N–H and O–H groups in total. The van der Waals surface area contributed by atoms with Gasteiger partial charge in [-0.15, -0.1) is 0 Å². The standard InChI is InChI=1S/C45H39N3.C13H13N/c1-4-12-35(13-5-1)46(36-14-6-2-7-15-36)40-27-34-30-45(34)42(28-40)41-18-10-11-19-43(41)48(45)39-22-23-44(29-33(44)26-39)47(37-16-8-3-9-17-37)38-21-20-31-24-32(31)25-38;1-2-4-12(5-3-1)14-13-7-6-10-8-11(10)9-13/h1-8,10-16,18-23,25-28,31-34H,9,17,24,29-30H2;1-7,9-11,14H,8H2. The van der Waals surface area contributed by atoms with Crippen LogP contribution < -0.4 is 15.1 Å². The molecule has 0 amide bonds. The molecular weight excluding hydrogens is 753 g/mol. The summed E-state index contributed by atoms with van der Waals surface area (Å²) >= 11 is 0. The fraction of sp³-hybridized carbons (Fsp3) is 0.241. The number of allylic oxidation sites excluding steroid dienone is 12. The van der Waals surface area contributed by atoms with E-state index in [4.69, 9.17) is 0 Å². The van der Waals surface area contributed by atoms with Gasteiger partial charge in [0.25, 0.3) is 0 Å². The first kappa shape index (κ1) is 36.2. The summed E-state index contributed by atoms with van der Waals surface area (Å²) in [5.41, 5.74) is 14.6. The normalized spacial score (nSPS) is 31.3. The van der Waals surface area contributed by atoms with Crippen molar-refractivity contribution in [2.24, 2.45) is 35.5 Å². The Kier molecular flexibility index (Phi) is 8.17. The number of hydrogen-bond acceptors (Lipinski definition) is 4. The van der Waals surface area contributed by atoms with Crippen molar-refractivity contribution in [2.75, 3.05) is 15.1 Å². The second-order valence-electron chi connectivity index (χ2n) is 19.0. The topological polar surface area (TPSA) is 21.8 Å². The van der Waals surface area contributed by atoms with E-state index in [2.05, 4.69) is 214 Å². The van der Waals surface area contributed by atoms with Gasteiger partial charge in [-0.1, -0.05) is 127 Å². The molecule has 8 atom stereocenters. The molecule has 0 bridgehead atoms. The Morgan fingerprint density at radius 1 is 0.629 bits per heavy atom. The SMILES string of the molecule is C1=CC2CC2C=C1Nc1ccccc1.C1=CCCC(N(C2=CC3CC3C=C2)C23C=CC(N4c5ccccc5C5=CC(N(c6ccccc6)c6ccccc6)=CC6CC564)=CC2C3)=C1. The van der Waals surface area contributed by atoms with Crippen LogP contribution in [0.5, 0.6) is 0 Å². The van der Waals surface area contributed by atoms with Gasteiger partial charge in [0, 0.05) is 68.6 Å². The van der Waals surface area contributed by atoms with Crippen molar-refractivity contribution in [3.05, 3.63) is 234 Å². The van der Waals surface area contributed by atoms with Crippen LogP contribution in [0.3, 0.4) is 0 Å². The maximum Gasteiger partial charge on any atom is 0.0780 e. The van der Waals surface area contributed by atoms with Gasteiger partial charge in [-0.2, -0.15) is 0 Å². The molecule has 0 aromatic heterocycles. The van der Waals surface area contributed by atoms with Crippen molar-refractivity contribution in [3.63, 3.8) is 0 Å². The summed E-state index contributed by atoms with van der Waals surface area (Å²) in [5, 5.41) is 3.41. The van der Waals surface area contributed by atoms with Gasteiger partial charge in [0.2, 0.25) is 0 Å². The highest BCUT2D eigenvalue weighted by molar-refractivity contribution is 5.99. The van der Waals surface area contributed by atoms with Crippen LogP contribution in [0.2, 0.25) is 0 Å². The Hall–Kier alpha value is -6.52. The van der Waals surface area contributed by atoms with Gasteiger partial charge in [-0.25, -0.2) is 0 Å². The molecule has 4 aromatic rings. The molecule has 4 nitrogen and oxygen atoms in total. The molecule has 4 heteroatoms. The number of nitrogens with zero attached hydrogens (tertiary/aromatic N) is 3. The molecular formula is C58H52N4. The summed E-state index contributed by atoms with van der Waals surface area (Å²) in [6.07, 6.45) is 41.2. The fourth-order valence-electron chi connectivity index (χ4n) is 11.6. The Balaban J connectivity index is 0.000000237. The van der Waals surface area contributed by atoms with E-state index in [1.807, 2.05) is 6.07 Å². The maximum absolute atomic E-state index is 3.41. The monoisotopic (exact) mass is 804 g/mol. The second kappa shape index (κ2) is 14.0. The summed E-state index contributed by atoms with van der Waals surface area (Å²) in [5.74, 6) is 4.13. The number of anilines is 4. The van der Waals surface area contributed by atoms with E-state index in [-0.39, 0.29) is 11.1 Å². The van der Waals surface area contributed by atoms with Crippen molar-refractivity contribution in [2.45, 2.75) is 49.6 Å². The largest absolute Gasteiger partial charge is 0.356 e. The molecule has 9 aliphatic carbocycles. The van der Waals surface area contributed by atoms with Crippen LogP contribution in [0, 0.1) is 35.5 Å². The van der Waals surface area contributed by atoms with E-state index in [9.17, 15) is 0 Å². The fourth-order valence-corrected chi connectivity index (χ4v) is 11.6. The molecule has 304 valence electrons. The van der Waals surface area contributed by atoms with Crippen molar-refractivity contribution in [1.29, 1.82) is 0 Å². The second-order valence-corrected chi connectivity index (χ2v) is 19.0. The Bertz CT molecular complexity index is 2740. The lowest BCUT2D eigenvalue weighted by atomic mass is 9.92.